The van der Waals surface area contributed by atoms with Crippen LogP contribution in [0.25, 0.3) is 0 Å². The van der Waals surface area contributed by atoms with Gasteiger partial charge in [-0.25, -0.2) is 4.98 Å². The Balaban J connectivity index is 2.94. The largest absolute Gasteiger partial charge is 0.383 e. The van der Waals surface area contributed by atoms with Crippen molar-refractivity contribution in [3.63, 3.8) is 0 Å². The Bertz CT molecular complexity index is 462. The molecule has 7 heteroatoms. The zero-order valence-corrected chi connectivity index (χ0v) is 14.4. The highest BCUT2D eigenvalue weighted by molar-refractivity contribution is 7.18. The lowest BCUT2D eigenvalue weighted by Crippen LogP contribution is -2.36. The van der Waals surface area contributed by atoms with Gasteiger partial charge in [0.05, 0.1) is 6.61 Å². The topological polar surface area (TPSA) is 71.7 Å². The van der Waals surface area contributed by atoms with Gasteiger partial charge < -0.3 is 20.3 Å². The zero-order chi connectivity index (χ0) is 16.0. The van der Waals surface area contributed by atoms with Gasteiger partial charge in [-0.15, -0.1) is 0 Å². The van der Waals surface area contributed by atoms with E-state index in [9.17, 15) is 4.79 Å². The molecular weight excluding hydrogens is 288 g/mol. The fourth-order valence-corrected chi connectivity index (χ4v) is 2.81. The lowest BCUT2D eigenvalue weighted by atomic mass is 10.2. The van der Waals surface area contributed by atoms with E-state index in [-0.39, 0.29) is 5.91 Å². The highest BCUT2D eigenvalue weighted by atomic mass is 32.1. The second kappa shape index (κ2) is 8.19. The quantitative estimate of drug-likeness (QED) is 0.794. The third kappa shape index (κ3) is 4.86. The summed E-state index contributed by atoms with van der Waals surface area (Å²) in [5.41, 5.74) is 5.93. The summed E-state index contributed by atoms with van der Waals surface area (Å²) in [7, 11) is 3.57. The monoisotopic (exact) mass is 314 g/mol. The van der Waals surface area contributed by atoms with E-state index in [1.54, 1.807) is 12.0 Å². The van der Waals surface area contributed by atoms with Crippen molar-refractivity contribution in [2.45, 2.75) is 20.8 Å². The number of carbonyl (C=O) groups excluding carboxylic acids is 1. The minimum absolute atomic E-state index is 0.0634. The van der Waals surface area contributed by atoms with E-state index < -0.39 is 0 Å². The van der Waals surface area contributed by atoms with Gasteiger partial charge in [-0.1, -0.05) is 25.2 Å². The van der Waals surface area contributed by atoms with E-state index in [4.69, 9.17) is 10.5 Å². The number of nitrogens with two attached hydrogens (primary N) is 1. The van der Waals surface area contributed by atoms with Crippen LogP contribution in [0.2, 0.25) is 0 Å². The van der Waals surface area contributed by atoms with Gasteiger partial charge in [0.15, 0.2) is 5.13 Å². The predicted octanol–water partition coefficient (Wildman–Crippen LogP) is 1.93. The molecule has 0 aromatic carbocycles. The van der Waals surface area contributed by atoms with Crippen LogP contribution in [0, 0.1) is 5.92 Å². The molecule has 0 saturated carbocycles. The van der Waals surface area contributed by atoms with Crippen molar-refractivity contribution in [2.75, 3.05) is 51.0 Å². The number of thiazole rings is 1. The molecule has 21 heavy (non-hydrogen) atoms. The zero-order valence-electron chi connectivity index (χ0n) is 13.5. The molecule has 0 aliphatic heterocycles. The Morgan fingerprint density at radius 3 is 2.67 bits per heavy atom. The highest BCUT2D eigenvalue weighted by Crippen LogP contribution is 2.28. The molecule has 0 saturated heterocycles. The molecule has 1 aromatic heterocycles. The number of aromatic nitrogens is 1. The number of hydrogen-bond donors (Lipinski definition) is 1. The Morgan fingerprint density at radius 2 is 2.14 bits per heavy atom. The first-order chi connectivity index (χ1) is 9.90. The van der Waals surface area contributed by atoms with Crippen LogP contribution in [0.15, 0.2) is 0 Å². The Kier molecular flexibility index (Phi) is 6.91. The smallest absolute Gasteiger partial charge is 0.267 e. The SMILES string of the molecule is CCN(C)c1nc(N)c(C(=O)N(CCOC)CC(C)C)s1. The van der Waals surface area contributed by atoms with Crippen LogP contribution in [0.3, 0.4) is 0 Å². The number of rotatable bonds is 8. The lowest BCUT2D eigenvalue weighted by Gasteiger charge is -2.23. The van der Waals surface area contributed by atoms with Crippen molar-refractivity contribution < 1.29 is 9.53 Å². The Morgan fingerprint density at radius 1 is 1.48 bits per heavy atom. The maximum atomic E-state index is 12.7. The van der Waals surface area contributed by atoms with E-state index in [0.29, 0.717) is 36.3 Å². The van der Waals surface area contributed by atoms with Crippen LogP contribution < -0.4 is 10.6 Å². The third-order valence-electron chi connectivity index (χ3n) is 3.08. The van der Waals surface area contributed by atoms with Crippen molar-refractivity contribution >= 4 is 28.2 Å². The van der Waals surface area contributed by atoms with Crippen molar-refractivity contribution in [3.8, 4) is 0 Å². The summed E-state index contributed by atoms with van der Waals surface area (Å²) in [4.78, 5) is 21.2. The summed E-state index contributed by atoms with van der Waals surface area (Å²) >= 11 is 1.35. The minimum atomic E-state index is -0.0634. The summed E-state index contributed by atoms with van der Waals surface area (Å²) in [6.07, 6.45) is 0. The van der Waals surface area contributed by atoms with E-state index in [1.807, 2.05) is 18.9 Å². The lowest BCUT2D eigenvalue weighted by molar-refractivity contribution is 0.0678. The van der Waals surface area contributed by atoms with E-state index in [1.165, 1.54) is 11.3 Å². The van der Waals surface area contributed by atoms with Crippen LogP contribution in [0.1, 0.15) is 30.4 Å². The molecule has 1 amide bonds. The summed E-state index contributed by atoms with van der Waals surface area (Å²) in [5.74, 6) is 0.635. The third-order valence-corrected chi connectivity index (χ3v) is 4.25. The summed E-state index contributed by atoms with van der Waals surface area (Å²) in [6, 6.07) is 0. The summed E-state index contributed by atoms with van der Waals surface area (Å²) in [6.45, 7) is 8.77. The van der Waals surface area contributed by atoms with Crippen molar-refractivity contribution in [2.24, 2.45) is 5.92 Å². The second-order valence-corrected chi connectivity index (χ2v) is 6.34. The van der Waals surface area contributed by atoms with Crippen molar-refractivity contribution in [1.29, 1.82) is 0 Å². The number of carbonyl (C=O) groups is 1. The van der Waals surface area contributed by atoms with Gasteiger partial charge in [0.25, 0.3) is 5.91 Å². The molecule has 0 atom stereocenters. The number of amides is 1. The van der Waals surface area contributed by atoms with Crippen LogP contribution in [-0.4, -0.2) is 56.2 Å². The molecule has 6 nitrogen and oxygen atoms in total. The molecule has 0 radical (unpaired) electrons. The van der Waals surface area contributed by atoms with Crippen molar-refractivity contribution in [3.05, 3.63) is 4.88 Å². The molecular formula is C14H26N4O2S. The van der Waals surface area contributed by atoms with Gasteiger partial charge >= 0.3 is 0 Å². The summed E-state index contributed by atoms with van der Waals surface area (Å²) in [5, 5.41) is 0.773. The molecule has 0 aliphatic rings. The Hall–Kier alpha value is -1.34. The molecule has 0 fully saturated rings. The van der Waals surface area contributed by atoms with E-state index in [0.717, 1.165) is 11.7 Å². The van der Waals surface area contributed by atoms with Crippen LogP contribution in [0.4, 0.5) is 10.9 Å². The van der Waals surface area contributed by atoms with Gasteiger partial charge in [-0.2, -0.15) is 0 Å². The van der Waals surface area contributed by atoms with E-state index >= 15 is 0 Å². The molecule has 1 rings (SSSR count). The second-order valence-electron chi connectivity index (χ2n) is 5.36. The number of methoxy groups -OCH3 is 1. The van der Waals surface area contributed by atoms with Gasteiger partial charge in [0, 0.05) is 33.8 Å². The first-order valence-electron chi connectivity index (χ1n) is 7.16. The Labute approximate surface area is 130 Å². The molecule has 1 aromatic rings. The van der Waals surface area contributed by atoms with Gasteiger partial charge in [0.1, 0.15) is 10.7 Å². The molecule has 0 bridgehead atoms. The number of nitrogens with zero attached hydrogens (tertiary/aromatic N) is 3. The molecule has 0 spiro atoms. The van der Waals surface area contributed by atoms with Gasteiger partial charge in [-0.3, -0.25) is 4.79 Å². The fourth-order valence-electron chi connectivity index (χ4n) is 1.83. The van der Waals surface area contributed by atoms with Crippen LogP contribution in [0.5, 0.6) is 0 Å². The van der Waals surface area contributed by atoms with E-state index in [2.05, 4.69) is 18.8 Å². The maximum Gasteiger partial charge on any atom is 0.267 e. The normalized spacial score (nSPS) is 11.0. The average molecular weight is 314 g/mol. The van der Waals surface area contributed by atoms with Crippen LogP contribution in [-0.2, 0) is 4.74 Å². The highest BCUT2D eigenvalue weighted by Gasteiger charge is 2.23. The van der Waals surface area contributed by atoms with Gasteiger partial charge in [0.2, 0.25) is 0 Å². The predicted molar refractivity (Wildman–Crippen MR) is 88.1 cm³/mol. The summed E-state index contributed by atoms with van der Waals surface area (Å²) < 4.78 is 5.09. The molecule has 0 aliphatic carbocycles. The molecule has 0 unspecified atom stereocenters. The number of nitrogen functional groups attached to an aromatic ring is 1. The molecule has 2 N–H and O–H groups in total. The van der Waals surface area contributed by atoms with Gasteiger partial charge in [-0.05, 0) is 12.8 Å². The van der Waals surface area contributed by atoms with Crippen molar-refractivity contribution in [1.82, 2.24) is 9.88 Å². The standard InChI is InChI=1S/C14H26N4O2S/c1-6-17(4)14-16-12(15)11(21-14)13(19)18(7-8-20-5)9-10(2)3/h10H,6-9,15H2,1-5H3. The number of hydrogen-bond acceptors (Lipinski definition) is 6. The average Bonchev–Trinajstić information content (AvgIpc) is 2.83. The molecule has 1 heterocycles. The van der Waals surface area contributed by atoms with Crippen LogP contribution >= 0.6 is 11.3 Å². The first kappa shape index (κ1) is 17.7. The molecule has 120 valence electrons. The first-order valence-corrected chi connectivity index (χ1v) is 7.97. The fraction of sp³-hybridized carbons (Fsp3) is 0.714. The number of ether oxygens (including phenoxy) is 1. The number of anilines is 2. The maximum absolute atomic E-state index is 12.7. The minimum Gasteiger partial charge on any atom is -0.383 e.